The Labute approximate surface area is 101 Å². The van der Waals surface area contributed by atoms with Crippen LogP contribution in [0.15, 0.2) is 36.5 Å². The quantitative estimate of drug-likeness (QED) is 0.381. The molecule has 0 aliphatic carbocycles. The van der Waals surface area contributed by atoms with Crippen molar-refractivity contribution < 1.29 is 9.52 Å². The molecule has 6 heteroatoms. The van der Waals surface area contributed by atoms with Gasteiger partial charge in [0, 0.05) is 18.3 Å². The number of para-hydroxylation sites is 1. The minimum Gasteiger partial charge on any atom is -0.618 e. The molecule has 0 saturated carbocycles. The van der Waals surface area contributed by atoms with Crippen LogP contribution >= 0.6 is 0 Å². The molecule has 3 aromatic rings. The lowest BCUT2D eigenvalue weighted by molar-refractivity contribution is -0.548. The first kappa shape index (κ1) is 10.4. The Bertz CT molecular complexity index is 785. The molecule has 0 fully saturated rings. The summed E-state index contributed by atoms with van der Waals surface area (Å²) in [4.78, 5) is 19.5. The van der Waals surface area contributed by atoms with Gasteiger partial charge in [0.15, 0.2) is 5.52 Å². The monoisotopic (exact) mass is 240 g/mol. The predicted molar refractivity (Wildman–Crippen MR) is 64.5 cm³/mol. The number of aromatic nitrogens is 3. The number of pyridine rings is 1. The van der Waals surface area contributed by atoms with Crippen LogP contribution in [0, 0.1) is 5.21 Å². The number of hydrogen-bond acceptors (Lipinski definition) is 4. The number of hydrogen-bond donors (Lipinski definition) is 1. The number of benzene rings is 1. The highest BCUT2D eigenvalue weighted by molar-refractivity contribution is 6.04. The molecular formula is C12H8N4O2. The van der Waals surface area contributed by atoms with Crippen LogP contribution in [0.5, 0.6) is 0 Å². The molecule has 1 amide bonds. The van der Waals surface area contributed by atoms with Gasteiger partial charge < -0.3 is 10.9 Å². The van der Waals surface area contributed by atoms with Crippen LogP contribution in [0.3, 0.4) is 0 Å². The number of carbonyl (C=O) groups excluding carboxylic acids is 1. The first-order valence-electron chi connectivity index (χ1n) is 5.25. The highest BCUT2D eigenvalue weighted by Gasteiger charge is 2.17. The second-order valence-electron chi connectivity index (χ2n) is 3.79. The van der Waals surface area contributed by atoms with Crippen molar-refractivity contribution in [1.29, 1.82) is 0 Å². The summed E-state index contributed by atoms with van der Waals surface area (Å²) >= 11 is 0. The van der Waals surface area contributed by atoms with Gasteiger partial charge in [-0.25, -0.2) is 9.97 Å². The first-order chi connectivity index (χ1) is 8.68. The normalized spacial score (nSPS) is 10.9. The zero-order chi connectivity index (χ0) is 12.7. The third kappa shape index (κ3) is 1.36. The molecule has 18 heavy (non-hydrogen) atoms. The lowest BCUT2D eigenvalue weighted by Gasteiger charge is -2.06. The van der Waals surface area contributed by atoms with Crippen LogP contribution in [0.25, 0.3) is 22.2 Å². The standard InChI is InChI=1S/C12H8N4O2/c13-11(17)7-3-1-4-8-10(7)15-12-9(16(8)18)5-2-6-14-12/h1-6H,(H2,13,17). The first-order valence-corrected chi connectivity index (χ1v) is 5.25. The second kappa shape index (κ2) is 3.63. The molecule has 0 unspecified atom stereocenters. The van der Waals surface area contributed by atoms with Gasteiger partial charge >= 0.3 is 0 Å². The van der Waals surface area contributed by atoms with Crippen molar-refractivity contribution in [3.63, 3.8) is 0 Å². The third-order valence-corrected chi connectivity index (χ3v) is 2.70. The lowest BCUT2D eigenvalue weighted by atomic mass is 10.1. The Balaban J connectivity index is 2.55. The van der Waals surface area contributed by atoms with Crippen LogP contribution < -0.4 is 10.5 Å². The van der Waals surface area contributed by atoms with Gasteiger partial charge in [0.05, 0.1) is 5.56 Å². The van der Waals surface area contributed by atoms with Gasteiger partial charge in [-0.3, -0.25) is 4.79 Å². The summed E-state index contributed by atoms with van der Waals surface area (Å²) in [5.74, 6) is -0.622. The SMILES string of the molecule is NC(=O)c1cccc2c1nc1ncccc1[n+]2[O-]. The molecule has 2 heterocycles. The van der Waals surface area contributed by atoms with E-state index in [2.05, 4.69) is 9.97 Å². The summed E-state index contributed by atoms with van der Waals surface area (Å²) in [6, 6.07) is 8.00. The number of amides is 1. The van der Waals surface area contributed by atoms with Gasteiger partial charge in [-0.1, -0.05) is 6.07 Å². The van der Waals surface area contributed by atoms with E-state index in [-0.39, 0.29) is 16.7 Å². The smallest absolute Gasteiger partial charge is 0.262 e. The van der Waals surface area contributed by atoms with Gasteiger partial charge in [0.1, 0.15) is 0 Å². The fourth-order valence-electron chi connectivity index (χ4n) is 1.88. The molecule has 0 aliphatic rings. The summed E-state index contributed by atoms with van der Waals surface area (Å²) in [5, 5.41) is 12.1. The van der Waals surface area contributed by atoms with Crippen molar-refractivity contribution in [1.82, 2.24) is 9.97 Å². The molecular weight excluding hydrogens is 232 g/mol. The molecule has 6 nitrogen and oxygen atoms in total. The van der Waals surface area contributed by atoms with E-state index in [0.29, 0.717) is 15.8 Å². The maximum Gasteiger partial charge on any atom is 0.262 e. The van der Waals surface area contributed by atoms with E-state index < -0.39 is 5.91 Å². The van der Waals surface area contributed by atoms with Crippen LogP contribution in [-0.2, 0) is 0 Å². The maximum atomic E-state index is 12.1. The highest BCUT2D eigenvalue weighted by Crippen LogP contribution is 2.16. The van der Waals surface area contributed by atoms with E-state index in [1.165, 1.54) is 12.3 Å². The maximum absolute atomic E-state index is 12.1. The highest BCUT2D eigenvalue weighted by atomic mass is 16.5. The molecule has 0 spiro atoms. The number of fused-ring (bicyclic) bond motifs is 2. The zero-order valence-corrected chi connectivity index (χ0v) is 9.20. The van der Waals surface area contributed by atoms with Crippen LogP contribution in [0.1, 0.15) is 10.4 Å². The Kier molecular flexibility index (Phi) is 2.09. The van der Waals surface area contributed by atoms with Crippen molar-refractivity contribution in [2.45, 2.75) is 0 Å². The topological polar surface area (TPSA) is 95.8 Å². The molecule has 0 atom stereocenters. The largest absolute Gasteiger partial charge is 0.618 e. The summed E-state index contributed by atoms with van der Waals surface area (Å²) < 4.78 is 0.705. The molecule has 0 aliphatic heterocycles. The predicted octanol–water partition coefficient (Wildman–Crippen LogP) is 0.515. The van der Waals surface area contributed by atoms with E-state index in [1.54, 1.807) is 24.3 Å². The van der Waals surface area contributed by atoms with Crippen LogP contribution in [0.2, 0.25) is 0 Å². The molecule has 1 aromatic carbocycles. The fourth-order valence-corrected chi connectivity index (χ4v) is 1.88. The van der Waals surface area contributed by atoms with Gasteiger partial charge in [0.25, 0.3) is 11.4 Å². The van der Waals surface area contributed by atoms with Gasteiger partial charge in [0.2, 0.25) is 11.2 Å². The summed E-state index contributed by atoms with van der Waals surface area (Å²) in [6.07, 6.45) is 1.54. The summed E-state index contributed by atoms with van der Waals surface area (Å²) in [5.41, 5.74) is 6.68. The van der Waals surface area contributed by atoms with E-state index in [4.69, 9.17) is 5.73 Å². The number of nitrogens with two attached hydrogens (primary N) is 1. The number of nitrogens with zero attached hydrogens (tertiary/aromatic N) is 3. The number of carbonyl (C=O) groups is 1. The Morgan fingerprint density at radius 3 is 2.78 bits per heavy atom. The van der Waals surface area contributed by atoms with Gasteiger partial charge in [-0.15, -0.1) is 0 Å². The van der Waals surface area contributed by atoms with Gasteiger partial charge in [-0.05, 0) is 12.1 Å². The number of rotatable bonds is 1. The van der Waals surface area contributed by atoms with Crippen molar-refractivity contribution in [3.05, 3.63) is 47.3 Å². The van der Waals surface area contributed by atoms with E-state index >= 15 is 0 Å². The van der Waals surface area contributed by atoms with Crippen LogP contribution in [-0.4, -0.2) is 15.9 Å². The summed E-state index contributed by atoms with van der Waals surface area (Å²) in [7, 11) is 0. The Morgan fingerprint density at radius 2 is 2.00 bits per heavy atom. The number of primary amides is 1. The van der Waals surface area contributed by atoms with Crippen molar-refractivity contribution in [2.24, 2.45) is 5.73 Å². The van der Waals surface area contributed by atoms with Crippen molar-refractivity contribution in [2.75, 3.05) is 0 Å². The molecule has 88 valence electrons. The van der Waals surface area contributed by atoms with Crippen LogP contribution in [0.4, 0.5) is 0 Å². The average Bonchev–Trinajstić information content (AvgIpc) is 2.38. The van der Waals surface area contributed by atoms with Crippen molar-refractivity contribution >= 4 is 28.1 Å². The zero-order valence-electron chi connectivity index (χ0n) is 9.20. The third-order valence-electron chi connectivity index (χ3n) is 2.70. The fraction of sp³-hybridized carbons (Fsp3) is 0. The van der Waals surface area contributed by atoms with E-state index in [0.717, 1.165) is 0 Å². The molecule has 0 radical (unpaired) electrons. The average molecular weight is 240 g/mol. The lowest BCUT2D eigenvalue weighted by Crippen LogP contribution is -2.29. The second-order valence-corrected chi connectivity index (χ2v) is 3.79. The minimum atomic E-state index is -0.622. The molecule has 0 saturated heterocycles. The summed E-state index contributed by atoms with van der Waals surface area (Å²) in [6.45, 7) is 0. The van der Waals surface area contributed by atoms with E-state index in [1.807, 2.05) is 0 Å². The Morgan fingerprint density at radius 1 is 1.22 bits per heavy atom. The van der Waals surface area contributed by atoms with Crippen molar-refractivity contribution in [3.8, 4) is 0 Å². The Hall–Kier alpha value is -2.76. The van der Waals surface area contributed by atoms with E-state index in [9.17, 15) is 10.0 Å². The molecule has 2 N–H and O–H groups in total. The molecule has 2 aromatic heterocycles. The van der Waals surface area contributed by atoms with Gasteiger partial charge in [-0.2, -0.15) is 4.73 Å². The molecule has 0 bridgehead atoms. The molecule has 3 rings (SSSR count). The minimum absolute atomic E-state index is 0.213.